The Balaban J connectivity index is 0.000000227. The summed E-state index contributed by atoms with van der Waals surface area (Å²) in [6.07, 6.45) is 5.63. The fraction of sp³-hybridized carbons (Fsp3) is 0. The number of furan rings is 4. The molecular weight excluding hydrogens is 488 g/mol. The van der Waals surface area contributed by atoms with Gasteiger partial charge in [-0.15, -0.1) is 9.81 Å². The first kappa shape index (κ1) is 25.1. The maximum absolute atomic E-state index is 10.7. The van der Waals surface area contributed by atoms with Gasteiger partial charge in [-0.3, -0.25) is 21.4 Å². The standard InChI is InChI=1S/2C10H8N2O4.Cu/c2*13-11-9(7-3-1-5-15-7)10(12-14)8-4-2-6-16-8;/h2*1-6,11,13H;/b2*10-9-;. The van der Waals surface area contributed by atoms with Gasteiger partial charge in [-0.05, 0) is 58.9 Å². The van der Waals surface area contributed by atoms with Gasteiger partial charge in [0.25, 0.3) is 0 Å². The Morgan fingerprint density at radius 3 is 1.12 bits per heavy atom. The van der Waals surface area contributed by atoms with E-state index in [-0.39, 0.29) is 62.9 Å². The number of hydrogen-bond acceptors (Lipinski definition) is 12. The summed E-state index contributed by atoms with van der Waals surface area (Å²) in [6.45, 7) is 0. The Kier molecular flexibility index (Phi) is 9.61. The molecule has 0 aliphatic rings. The predicted molar refractivity (Wildman–Crippen MR) is 110 cm³/mol. The fourth-order valence-electron chi connectivity index (χ4n) is 2.55. The van der Waals surface area contributed by atoms with Crippen molar-refractivity contribution in [3.05, 3.63) is 106 Å². The molecule has 0 saturated heterocycles. The Morgan fingerprint density at radius 2 is 0.909 bits per heavy atom. The number of hydroxylamine groups is 2. The molecule has 0 amide bonds. The van der Waals surface area contributed by atoms with E-state index in [1.54, 1.807) is 48.5 Å². The molecule has 0 spiro atoms. The molecule has 13 heteroatoms. The van der Waals surface area contributed by atoms with Gasteiger partial charge >= 0.3 is 0 Å². The molecule has 0 unspecified atom stereocenters. The number of rotatable bonds is 8. The molecule has 4 rings (SSSR count). The summed E-state index contributed by atoms with van der Waals surface area (Å²) in [5, 5.41) is 23.6. The smallest absolute Gasteiger partial charge is 0.179 e. The predicted octanol–water partition coefficient (Wildman–Crippen LogP) is 4.88. The van der Waals surface area contributed by atoms with E-state index in [1.807, 2.05) is 11.0 Å². The van der Waals surface area contributed by atoms with Crippen molar-refractivity contribution in [1.82, 2.24) is 11.0 Å². The van der Waals surface area contributed by atoms with Crippen LogP contribution in [-0.4, -0.2) is 10.4 Å². The topological polar surface area (TPSA) is 176 Å². The summed E-state index contributed by atoms with van der Waals surface area (Å²) in [4.78, 5) is 21.5. The maximum atomic E-state index is 10.7. The monoisotopic (exact) mass is 503 g/mol. The second kappa shape index (κ2) is 12.6. The molecule has 0 fully saturated rings. The van der Waals surface area contributed by atoms with E-state index in [0.29, 0.717) is 0 Å². The number of nitrogens with one attached hydrogen (secondary N) is 2. The third-order valence-corrected chi connectivity index (χ3v) is 3.92. The molecule has 0 bridgehead atoms. The Morgan fingerprint density at radius 1 is 0.606 bits per heavy atom. The van der Waals surface area contributed by atoms with E-state index >= 15 is 0 Å². The van der Waals surface area contributed by atoms with Crippen LogP contribution >= 0.6 is 0 Å². The van der Waals surface area contributed by atoms with Crippen LogP contribution in [0, 0.1) is 9.81 Å². The van der Waals surface area contributed by atoms with Crippen LogP contribution in [0.25, 0.3) is 22.8 Å². The van der Waals surface area contributed by atoms with E-state index in [1.165, 1.54) is 25.1 Å². The minimum atomic E-state index is -0.0672. The number of nitroso groups, excluding NO2 is 2. The molecule has 12 nitrogen and oxygen atoms in total. The van der Waals surface area contributed by atoms with Crippen LogP contribution in [-0.2, 0) is 17.1 Å². The van der Waals surface area contributed by atoms with Gasteiger partial charge in [0.15, 0.2) is 34.4 Å². The van der Waals surface area contributed by atoms with Gasteiger partial charge in [-0.2, -0.15) is 0 Å². The maximum Gasteiger partial charge on any atom is 0.179 e. The van der Waals surface area contributed by atoms with Crippen LogP contribution in [0.4, 0.5) is 0 Å². The van der Waals surface area contributed by atoms with Crippen molar-refractivity contribution in [2.75, 3.05) is 0 Å². The summed E-state index contributed by atoms with van der Waals surface area (Å²) >= 11 is 0. The normalized spacial score (nSPS) is 11.7. The van der Waals surface area contributed by atoms with Crippen molar-refractivity contribution in [3.63, 3.8) is 0 Å². The molecule has 0 aliphatic heterocycles. The zero-order valence-electron chi connectivity index (χ0n) is 16.5. The van der Waals surface area contributed by atoms with Crippen LogP contribution in [0.3, 0.4) is 0 Å². The SMILES string of the molecule is O=N/C(=C(\NO)c1ccco1)c1ccco1.O=N/C(=C(\NO)c1ccco1)c1ccco1.[Cu]. The van der Waals surface area contributed by atoms with E-state index in [0.717, 1.165) is 0 Å². The molecule has 4 heterocycles. The first-order chi connectivity index (χ1) is 15.7. The van der Waals surface area contributed by atoms with Crippen LogP contribution in [0.15, 0.2) is 102 Å². The van der Waals surface area contributed by atoms with Crippen molar-refractivity contribution < 1.29 is 45.2 Å². The third-order valence-electron chi connectivity index (χ3n) is 3.92. The van der Waals surface area contributed by atoms with Gasteiger partial charge in [0.05, 0.1) is 25.1 Å². The summed E-state index contributed by atoms with van der Waals surface area (Å²) < 4.78 is 20.1. The summed E-state index contributed by atoms with van der Waals surface area (Å²) in [7, 11) is 0. The summed E-state index contributed by atoms with van der Waals surface area (Å²) in [6, 6.07) is 12.7. The molecule has 175 valence electrons. The van der Waals surface area contributed by atoms with Crippen molar-refractivity contribution >= 4 is 22.8 Å². The fourth-order valence-corrected chi connectivity index (χ4v) is 2.55. The quantitative estimate of drug-likeness (QED) is 0.147. The molecule has 1 radical (unpaired) electrons. The second-order valence-electron chi connectivity index (χ2n) is 5.76. The number of hydrogen-bond donors (Lipinski definition) is 4. The van der Waals surface area contributed by atoms with E-state index in [4.69, 9.17) is 28.1 Å². The Bertz CT molecular complexity index is 1070. The van der Waals surface area contributed by atoms with Crippen molar-refractivity contribution in [2.45, 2.75) is 0 Å². The van der Waals surface area contributed by atoms with Gasteiger partial charge in [0, 0.05) is 17.1 Å². The zero-order valence-corrected chi connectivity index (χ0v) is 17.4. The van der Waals surface area contributed by atoms with E-state index < -0.39 is 0 Å². The molecule has 0 aromatic carbocycles. The van der Waals surface area contributed by atoms with Gasteiger partial charge in [-0.25, -0.2) is 0 Å². The van der Waals surface area contributed by atoms with Crippen molar-refractivity contribution in [3.8, 4) is 0 Å². The van der Waals surface area contributed by atoms with Crippen LogP contribution in [0.5, 0.6) is 0 Å². The van der Waals surface area contributed by atoms with Crippen LogP contribution < -0.4 is 11.0 Å². The average Bonchev–Trinajstić information content (AvgIpc) is 3.63. The minimum Gasteiger partial charge on any atom is -0.463 e. The Labute approximate surface area is 195 Å². The molecule has 0 aliphatic carbocycles. The van der Waals surface area contributed by atoms with Crippen molar-refractivity contribution in [1.29, 1.82) is 0 Å². The third kappa shape index (κ3) is 5.96. The second-order valence-corrected chi connectivity index (χ2v) is 5.76. The average molecular weight is 504 g/mol. The van der Waals surface area contributed by atoms with Gasteiger partial charge in [-0.1, -0.05) is 0 Å². The molecular formula is C20H16CuN4O8. The zero-order chi connectivity index (χ0) is 22.8. The molecule has 4 N–H and O–H groups in total. The molecule has 33 heavy (non-hydrogen) atoms. The first-order valence-electron chi connectivity index (χ1n) is 8.84. The van der Waals surface area contributed by atoms with Crippen molar-refractivity contribution in [2.24, 2.45) is 10.4 Å². The molecule has 0 saturated carbocycles. The molecule has 0 atom stereocenters. The molecule has 4 aromatic heterocycles. The van der Waals surface area contributed by atoms with Gasteiger partial charge < -0.3 is 17.7 Å². The molecule has 4 aromatic rings. The van der Waals surface area contributed by atoms with Crippen LogP contribution in [0.2, 0.25) is 0 Å². The first-order valence-corrected chi connectivity index (χ1v) is 8.84. The van der Waals surface area contributed by atoms with E-state index in [2.05, 4.69) is 10.4 Å². The van der Waals surface area contributed by atoms with Gasteiger partial charge in [0.2, 0.25) is 0 Å². The minimum absolute atomic E-state index is 0. The summed E-state index contributed by atoms with van der Waals surface area (Å²) in [5.41, 5.74) is 3.72. The largest absolute Gasteiger partial charge is 0.463 e. The van der Waals surface area contributed by atoms with Crippen LogP contribution in [0.1, 0.15) is 23.0 Å². The summed E-state index contributed by atoms with van der Waals surface area (Å²) in [5.74, 6) is 1.05. The number of nitrogens with zero attached hydrogens (tertiary/aromatic N) is 2. The Hall–Kier alpha value is -4.16. The van der Waals surface area contributed by atoms with Gasteiger partial charge in [0.1, 0.15) is 11.4 Å². The van der Waals surface area contributed by atoms with E-state index in [9.17, 15) is 9.81 Å².